The second-order valence-electron chi connectivity index (χ2n) is 3.00. The molecule has 0 bridgehead atoms. The zero-order chi connectivity index (χ0) is 12.7. The summed E-state index contributed by atoms with van der Waals surface area (Å²) >= 11 is 10.5. The second kappa shape index (κ2) is 6.88. The van der Waals surface area contributed by atoms with Crippen molar-refractivity contribution in [2.24, 2.45) is 10.8 Å². The fourth-order valence-corrected chi connectivity index (χ4v) is 1.36. The molecule has 17 heavy (non-hydrogen) atoms. The standard InChI is InChI=1S/C11H12ClN3OS/c1-16-10-5-4-9(12)7-8(10)3-2-6-14-15-11(13)17/h2-7H,1H3,(H3,13,15,17)/b3-2-,14-6-. The zero-order valence-corrected chi connectivity index (χ0v) is 10.8. The summed E-state index contributed by atoms with van der Waals surface area (Å²) < 4.78 is 5.18. The van der Waals surface area contributed by atoms with Crippen molar-refractivity contribution in [3.63, 3.8) is 0 Å². The Labute approximate surface area is 110 Å². The van der Waals surface area contributed by atoms with Crippen LogP contribution in [0.5, 0.6) is 5.75 Å². The van der Waals surface area contributed by atoms with E-state index in [2.05, 4.69) is 22.7 Å². The molecule has 4 nitrogen and oxygen atoms in total. The third-order valence-electron chi connectivity index (χ3n) is 1.80. The van der Waals surface area contributed by atoms with Gasteiger partial charge in [0.2, 0.25) is 0 Å². The van der Waals surface area contributed by atoms with Crippen molar-refractivity contribution in [1.29, 1.82) is 0 Å². The van der Waals surface area contributed by atoms with Crippen LogP contribution in [-0.4, -0.2) is 18.4 Å². The fourth-order valence-electron chi connectivity index (χ4n) is 1.13. The number of rotatable bonds is 4. The summed E-state index contributed by atoms with van der Waals surface area (Å²) in [5.74, 6) is 0.737. The van der Waals surface area contributed by atoms with Crippen LogP contribution in [0.15, 0.2) is 29.4 Å². The van der Waals surface area contributed by atoms with Crippen molar-refractivity contribution in [2.75, 3.05) is 7.11 Å². The average molecular weight is 270 g/mol. The normalized spacial score (nSPS) is 10.9. The third-order valence-corrected chi connectivity index (χ3v) is 2.13. The molecule has 0 heterocycles. The molecule has 90 valence electrons. The van der Waals surface area contributed by atoms with Gasteiger partial charge in [-0.05, 0) is 42.6 Å². The highest BCUT2D eigenvalue weighted by molar-refractivity contribution is 7.80. The molecule has 1 aromatic rings. The molecule has 0 amide bonds. The molecule has 1 rings (SSSR count). The highest BCUT2D eigenvalue weighted by Gasteiger charge is 1.99. The van der Waals surface area contributed by atoms with E-state index in [4.69, 9.17) is 22.1 Å². The van der Waals surface area contributed by atoms with Gasteiger partial charge in [-0.2, -0.15) is 5.10 Å². The monoisotopic (exact) mass is 269 g/mol. The average Bonchev–Trinajstić information content (AvgIpc) is 2.28. The Morgan fingerprint density at radius 1 is 1.59 bits per heavy atom. The molecule has 3 N–H and O–H groups in total. The first kappa shape index (κ1) is 13.5. The Morgan fingerprint density at radius 3 is 3.00 bits per heavy atom. The van der Waals surface area contributed by atoms with E-state index in [1.807, 2.05) is 6.08 Å². The van der Waals surface area contributed by atoms with Crippen molar-refractivity contribution in [2.45, 2.75) is 0 Å². The number of halogens is 1. The summed E-state index contributed by atoms with van der Waals surface area (Å²) in [6.45, 7) is 0. The first-order valence-corrected chi connectivity index (χ1v) is 5.51. The largest absolute Gasteiger partial charge is 0.496 e. The first-order chi connectivity index (χ1) is 8.13. The third kappa shape index (κ3) is 4.84. The number of hydrogen-bond donors (Lipinski definition) is 2. The van der Waals surface area contributed by atoms with Gasteiger partial charge in [-0.1, -0.05) is 11.6 Å². The molecule has 0 fully saturated rings. The minimum atomic E-state index is 0.120. The molecule has 0 radical (unpaired) electrons. The minimum Gasteiger partial charge on any atom is -0.496 e. The van der Waals surface area contributed by atoms with E-state index >= 15 is 0 Å². The molecule has 6 heteroatoms. The number of hydrazone groups is 1. The Hall–Kier alpha value is -1.59. The molecular formula is C11H12ClN3OS. The zero-order valence-electron chi connectivity index (χ0n) is 9.18. The number of methoxy groups -OCH3 is 1. The van der Waals surface area contributed by atoms with Gasteiger partial charge in [0.1, 0.15) is 5.75 Å². The van der Waals surface area contributed by atoms with E-state index in [-0.39, 0.29) is 5.11 Å². The van der Waals surface area contributed by atoms with Crippen molar-refractivity contribution in [1.82, 2.24) is 5.43 Å². The van der Waals surface area contributed by atoms with Crippen LogP contribution in [-0.2, 0) is 0 Å². The molecule has 0 saturated carbocycles. The molecular weight excluding hydrogens is 258 g/mol. The Bertz CT molecular complexity index is 460. The van der Waals surface area contributed by atoms with Gasteiger partial charge in [-0.25, -0.2) is 0 Å². The lowest BCUT2D eigenvalue weighted by molar-refractivity contribution is 0.414. The highest BCUT2D eigenvalue weighted by atomic mass is 35.5. The maximum atomic E-state index is 5.89. The van der Waals surface area contributed by atoms with E-state index < -0.39 is 0 Å². The number of allylic oxidation sites excluding steroid dienone is 1. The maximum Gasteiger partial charge on any atom is 0.184 e. The van der Waals surface area contributed by atoms with Gasteiger partial charge in [-0.15, -0.1) is 0 Å². The lowest BCUT2D eigenvalue weighted by Gasteiger charge is -2.04. The number of nitrogens with two attached hydrogens (primary N) is 1. The highest BCUT2D eigenvalue weighted by Crippen LogP contribution is 2.23. The van der Waals surface area contributed by atoms with Gasteiger partial charge < -0.3 is 10.5 Å². The summed E-state index contributed by atoms with van der Waals surface area (Å²) in [6.07, 6.45) is 5.06. The van der Waals surface area contributed by atoms with Gasteiger partial charge in [0.05, 0.1) is 7.11 Å². The molecule has 0 aromatic heterocycles. The van der Waals surface area contributed by atoms with Crippen LogP contribution < -0.4 is 15.9 Å². The smallest absolute Gasteiger partial charge is 0.184 e. The number of nitrogens with zero attached hydrogens (tertiary/aromatic N) is 1. The SMILES string of the molecule is COc1ccc(Cl)cc1/C=C\C=N/NC(N)=S. The summed E-state index contributed by atoms with van der Waals surface area (Å²) in [5.41, 5.74) is 8.50. The Kier molecular flexibility index (Phi) is 5.45. The van der Waals surface area contributed by atoms with E-state index in [1.54, 1.807) is 31.4 Å². The molecule has 0 aliphatic rings. The Morgan fingerprint density at radius 2 is 2.35 bits per heavy atom. The van der Waals surface area contributed by atoms with Gasteiger partial charge in [0.25, 0.3) is 0 Å². The predicted molar refractivity (Wildman–Crippen MR) is 75.5 cm³/mol. The van der Waals surface area contributed by atoms with Crippen LogP contribution in [0.4, 0.5) is 0 Å². The summed E-state index contributed by atoms with van der Waals surface area (Å²) in [7, 11) is 1.60. The van der Waals surface area contributed by atoms with E-state index in [0.29, 0.717) is 5.02 Å². The Balaban J connectivity index is 2.73. The predicted octanol–water partition coefficient (Wildman–Crippen LogP) is 2.18. The number of benzene rings is 1. The fraction of sp³-hybridized carbons (Fsp3) is 0.0909. The minimum absolute atomic E-state index is 0.120. The van der Waals surface area contributed by atoms with Crippen LogP contribution in [0.1, 0.15) is 5.56 Å². The van der Waals surface area contributed by atoms with Crippen molar-refractivity contribution < 1.29 is 4.74 Å². The van der Waals surface area contributed by atoms with E-state index in [0.717, 1.165) is 11.3 Å². The lowest BCUT2D eigenvalue weighted by atomic mass is 10.2. The number of thiocarbonyl (C=S) groups is 1. The summed E-state index contributed by atoms with van der Waals surface area (Å²) in [5, 5.41) is 4.52. The quantitative estimate of drug-likeness (QED) is 0.500. The molecule has 0 atom stereocenters. The molecule has 0 aliphatic carbocycles. The van der Waals surface area contributed by atoms with Crippen LogP contribution in [0.25, 0.3) is 6.08 Å². The molecule has 1 aromatic carbocycles. The molecule has 0 spiro atoms. The van der Waals surface area contributed by atoms with Crippen molar-refractivity contribution in [3.8, 4) is 5.75 Å². The summed E-state index contributed by atoms with van der Waals surface area (Å²) in [4.78, 5) is 0. The molecule has 0 saturated heterocycles. The second-order valence-corrected chi connectivity index (χ2v) is 3.88. The van der Waals surface area contributed by atoms with Crippen LogP contribution in [0, 0.1) is 0 Å². The van der Waals surface area contributed by atoms with Gasteiger partial charge >= 0.3 is 0 Å². The van der Waals surface area contributed by atoms with Crippen LogP contribution in [0.3, 0.4) is 0 Å². The number of nitrogens with one attached hydrogen (secondary N) is 1. The molecule has 0 aliphatic heterocycles. The summed E-state index contributed by atoms with van der Waals surface area (Å²) in [6, 6.07) is 5.36. The first-order valence-electron chi connectivity index (χ1n) is 4.72. The van der Waals surface area contributed by atoms with E-state index in [9.17, 15) is 0 Å². The number of ether oxygens (including phenoxy) is 1. The van der Waals surface area contributed by atoms with E-state index in [1.165, 1.54) is 6.21 Å². The topological polar surface area (TPSA) is 59.6 Å². The van der Waals surface area contributed by atoms with Crippen molar-refractivity contribution >= 4 is 41.2 Å². The van der Waals surface area contributed by atoms with Crippen LogP contribution in [0.2, 0.25) is 5.02 Å². The number of hydrogen-bond acceptors (Lipinski definition) is 3. The van der Waals surface area contributed by atoms with Crippen LogP contribution >= 0.6 is 23.8 Å². The molecule has 0 unspecified atom stereocenters. The van der Waals surface area contributed by atoms with Crippen molar-refractivity contribution in [3.05, 3.63) is 34.9 Å². The van der Waals surface area contributed by atoms with Gasteiger partial charge in [-0.3, -0.25) is 5.43 Å². The maximum absolute atomic E-state index is 5.89. The lowest BCUT2D eigenvalue weighted by Crippen LogP contribution is -2.23. The van der Waals surface area contributed by atoms with Gasteiger partial charge in [0, 0.05) is 16.8 Å². The van der Waals surface area contributed by atoms with Gasteiger partial charge in [0.15, 0.2) is 5.11 Å².